The number of nitrogens with zero attached hydrogens (tertiary/aromatic N) is 5. The topological polar surface area (TPSA) is 98.6 Å². The number of thioether (sulfide) groups is 1. The molecule has 0 spiro atoms. The lowest BCUT2D eigenvalue weighted by Gasteiger charge is -2.12. The first kappa shape index (κ1) is 19.9. The normalized spacial score (nSPS) is 12.3. The summed E-state index contributed by atoms with van der Waals surface area (Å²) in [5.41, 5.74) is 1.53. The Bertz CT molecular complexity index is 1410. The molecule has 156 valence electrons. The Morgan fingerprint density at radius 1 is 1.19 bits per heavy atom. The highest BCUT2D eigenvalue weighted by atomic mass is 32.2. The summed E-state index contributed by atoms with van der Waals surface area (Å²) in [5.74, 6) is 1.24. The molecule has 0 bridgehead atoms. The number of para-hydroxylation sites is 2. The second-order valence-electron chi connectivity index (χ2n) is 6.56. The molecular weight excluding hydrogens is 452 g/mol. The summed E-state index contributed by atoms with van der Waals surface area (Å²) in [7, 11) is 1.61. The molecule has 1 aromatic carbocycles. The van der Waals surface area contributed by atoms with Crippen LogP contribution >= 0.6 is 34.4 Å². The van der Waals surface area contributed by atoms with Gasteiger partial charge in [0.05, 0.1) is 17.7 Å². The number of ether oxygens (including phenoxy) is 1. The van der Waals surface area contributed by atoms with Crippen LogP contribution in [0.3, 0.4) is 0 Å². The lowest BCUT2D eigenvalue weighted by atomic mass is 10.2. The Hall–Kier alpha value is -3.02. The van der Waals surface area contributed by atoms with Crippen LogP contribution in [0.25, 0.3) is 26.3 Å². The van der Waals surface area contributed by atoms with Gasteiger partial charge in [0.2, 0.25) is 5.16 Å². The average molecular weight is 469 g/mol. The minimum atomic E-state index is -0.177. The fourth-order valence-electron chi connectivity index (χ4n) is 3.19. The Labute approximate surface area is 188 Å². The molecule has 0 fully saturated rings. The van der Waals surface area contributed by atoms with Gasteiger partial charge in [0.25, 0.3) is 5.56 Å². The molecule has 0 saturated carbocycles. The van der Waals surface area contributed by atoms with Crippen molar-refractivity contribution in [1.82, 2.24) is 30.2 Å². The van der Waals surface area contributed by atoms with E-state index in [4.69, 9.17) is 9.72 Å². The van der Waals surface area contributed by atoms with Crippen molar-refractivity contribution in [3.63, 3.8) is 0 Å². The number of aromatic nitrogens is 6. The van der Waals surface area contributed by atoms with E-state index in [0.29, 0.717) is 22.1 Å². The minimum Gasteiger partial charge on any atom is -0.494 e. The molecule has 8 nitrogen and oxygen atoms in total. The summed E-state index contributed by atoms with van der Waals surface area (Å²) in [6.45, 7) is 1.96. The van der Waals surface area contributed by atoms with Crippen LogP contribution in [0.1, 0.15) is 18.0 Å². The van der Waals surface area contributed by atoms with Crippen LogP contribution in [0.5, 0.6) is 5.75 Å². The lowest BCUT2D eigenvalue weighted by molar-refractivity contribution is 0.410. The van der Waals surface area contributed by atoms with Crippen LogP contribution in [0, 0.1) is 0 Å². The highest BCUT2D eigenvalue weighted by Gasteiger charge is 2.20. The summed E-state index contributed by atoms with van der Waals surface area (Å²) >= 11 is 4.49. The largest absolute Gasteiger partial charge is 0.494 e. The van der Waals surface area contributed by atoms with Crippen LogP contribution in [-0.2, 0) is 0 Å². The molecule has 0 radical (unpaired) electrons. The summed E-state index contributed by atoms with van der Waals surface area (Å²) in [5, 5.41) is 17.1. The molecule has 4 aromatic heterocycles. The minimum absolute atomic E-state index is 0.138. The van der Waals surface area contributed by atoms with Crippen LogP contribution in [0.15, 0.2) is 57.1 Å². The number of benzene rings is 1. The Kier molecular flexibility index (Phi) is 5.30. The molecule has 0 amide bonds. The number of hydrogen-bond acceptors (Lipinski definition) is 9. The molecule has 0 aliphatic rings. The summed E-state index contributed by atoms with van der Waals surface area (Å²) < 4.78 is 7.05. The average Bonchev–Trinajstić information content (AvgIpc) is 3.54. The molecule has 31 heavy (non-hydrogen) atoms. The van der Waals surface area contributed by atoms with Crippen LogP contribution < -0.4 is 10.3 Å². The first-order chi connectivity index (χ1) is 15.2. The molecule has 5 aromatic rings. The molecule has 4 heterocycles. The predicted molar refractivity (Wildman–Crippen MR) is 124 cm³/mol. The highest BCUT2D eigenvalue weighted by Crippen LogP contribution is 2.37. The van der Waals surface area contributed by atoms with Gasteiger partial charge in [0.15, 0.2) is 0 Å². The maximum Gasteiger partial charge on any atom is 0.260 e. The highest BCUT2D eigenvalue weighted by molar-refractivity contribution is 7.99. The maximum absolute atomic E-state index is 12.9. The fourth-order valence-corrected chi connectivity index (χ4v) is 5.82. The smallest absolute Gasteiger partial charge is 0.260 e. The third-order valence-electron chi connectivity index (χ3n) is 4.67. The van der Waals surface area contributed by atoms with Gasteiger partial charge in [-0.25, -0.2) is 4.98 Å². The van der Waals surface area contributed by atoms with Gasteiger partial charge in [-0.2, -0.15) is 4.68 Å². The number of nitrogens with one attached hydrogen (secondary N) is 1. The standard InChI is InChI=1S/C20H16N6O2S3/c1-11(31-20-23-24-25-26(20)13-6-3-4-7-14(13)28-2)17-21-18(27)16-12(10-30-19(16)22-17)15-8-5-9-29-15/h3-11H,1-2H3,(H,21,22,27)/t11-/m1/s1. The van der Waals surface area contributed by atoms with Gasteiger partial charge in [-0.1, -0.05) is 30.0 Å². The molecule has 0 saturated heterocycles. The Balaban J connectivity index is 1.48. The molecule has 1 N–H and O–H groups in total. The van der Waals surface area contributed by atoms with Crippen LogP contribution in [0.4, 0.5) is 0 Å². The number of rotatable bonds is 6. The predicted octanol–water partition coefficient (Wildman–Crippen LogP) is 4.55. The molecule has 0 aliphatic carbocycles. The number of fused-ring (bicyclic) bond motifs is 1. The second kappa shape index (κ2) is 8.25. The van der Waals surface area contributed by atoms with E-state index in [1.165, 1.54) is 23.1 Å². The zero-order valence-corrected chi connectivity index (χ0v) is 18.9. The van der Waals surface area contributed by atoms with E-state index >= 15 is 0 Å². The zero-order valence-electron chi connectivity index (χ0n) is 16.5. The summed E-state index contributed by atoms with van der Waals surface area (Å²) in [6.07, 6.45) is 0. The number of hydrogen-bond donors (Lipinski definition) is 1. The molecule has 5 rings (SSSR count). The lowest BCUT2D eigenvalue weighted by Crippen LogP contribution is -2.12. The molecule has 11 heteroatoms. The first-order valence-corrected chi connectivity index (χ1v) is 11.9. The van der Waals surface area contributed by atoms with E-state index in [1.807, 2.05) is 54.1 Å². The quantitative estimate of drug-likeness (QED) is 0.365. The Morgan fingerprint density at radius 2 is 2.06 bits per heavy atom. The fraction of sp³-hybridized carbons (Fsp3) is 0.150. The van der Waals surface area contributed by atoms with Crippen molar-refractivity contribution >= 4 is 44.7 Å². The van der Waals surface area contributed by atoms with Crippen molar-refractivity contribution in [2.45, 2.75) is 17.3 Å². The zero-order chi connectivity index (χ0) is 21.4. The van der Waals surface area contributed by atoms with Crippen LogP contribution in [-0.4, -0.2) is 37.3 Å². The number of H-pyrrole nitrogens is 1. The van der Waals surface area contributed by atoms with E-state index in [1.54, 1.807) is 23.1 Å². The van der Waals surface area contributed by atoms with Gasteiger partial charge in [0.1, 0.15) is 22.1 Å². The number of thiophene rings is 2. The number of tetrazole rings is 1. The van der Waals surface area contributed by atoms with E-state index in [2.05, 4.69) is 20.5 Å². The molecular formula is C20H16N6O2S3. The van der Waals surface area contributed by atoms with Gasteiger partial charge in [-0.05, 0) is 40.9 Å². The van der Waals surface area contributed by atoms with Crippen LogP contribution in [0.2, 0.25) is 0 Å². The number of aromatic amines is 1. The van der Waals surface area contributed by atoms with Crippen molar-refractivity contribution in [3.8, 4) is 21.9 Å². The van der Waals surface area contributed by atoms with Crippen molar-refractivity contribution < 1.29 is 4.74 Å². The second-order valence-corrected chi connectivity index (χ2v) is 9.68. The first-order valence-electron chi connectivity index (χ1n) is 9.29. The molecule has 0 aliphatic heterocycles. The Morgan fingerprint density at radius 3 is 2.87 bits per heavy atom. The third kappa shape index (κ3) is 3.64. The summed E-state index contributed by atoms with van der Waals surface area (Å²) in [6, 6.07) is 11.5. The summed E-state index contributed by atoms with van der Waals surface area (Å²) in [4.78, 5) is 22.4. The number of methoxy groups -OCH3 is 1. The monoisotopic (exact) mass is 468 g/mol. The van der Waals surface area contributed by atoms with E-state index in [9.17, 15) is 4.79 Å². The van der Waals surface area contributed by atoms with Gasteiger partial charge < -0.3 is 9.72 Å². The maximum atomic E-state index is 12.9. The third-order valence-corrected chi connectivity index (χ3v) is 7.49. The van der Waals surface area contributed by atoms with Crippen molar-refractivity contribution in [2.75, 3.05) is 7.11 Å². The van der Waals surface area contributed by atoms with Crippen molar-refractivity contribution in [1.29, 1.82) is 0 Å². The van der Waals surface area contributed by atoms with Crippen molar-refractivity contribution in [2.24, 2.45) is 0 Å². The molecule has 0 unspecified atom stereocenters. The van der Waals surface area contributed by atoms with Gasteiger partial charge in [-0.3, -0.25) is 4.79 Å². The van der Waals surface area contributed by atoms with E-state index in [-0.39, 0.29) is 10.8 Å². The SMILES string of the molecule is COc1ccccc1-n1nnnc1S[C@H](C)c1nc2scc(-c3cccs3)c2c(=O)[nH]1. The molecule has 1 atom stereocenters. The van der Waals surface area contributed by atoms with Gasteiger partial charge in [-0.15, -0.1) is 27.8 Å². The van der Waals surface area contributed by atoms with Gasteiger partial charge in [0, 0.05) is 15.8 Å². The van der Waals surface area contributed by atoms with Crippen molar-refractivity contribution in [3.05, 3.63) is 63.3 Å². The van der Waals surface area contributed by atoms with E-state index in [0.717, 1.165) is 21.0 Å². The van der Waals surface area contributed by atoms with E-state index < -0.39 is 0 Å². The van der Waals surface area contributed by atoms with Gasteiger partial charge >= 0.3 is 0 Å².